The fourth-order valence-corrected chi connectivity index (χ4v) is 3.48. The number of amides is 2. The van der Waals surface area contributed by atoms with Gasteiger partial charge in [0.15, 0.2) is 5.82 Å². The quantitative estimate of drug-likeness (QED) is 0.816. The molecule has 27 heavy (non-hydrogen) atoms. The van der Waals surface area contributed by atoms with Crippen LogP contribution in [0.1, 0.15) is 31.9 Å². The number of piperidine rings is 1. The summed E-state index contributed by atoms with van der Waals surface area (Å²) in [7, 11) is 0. The molecule has 1 aromatic heterocycles. The molecule has 1 atom stereocenters. The van der Waals surface area contributed by atoms with Gasteiger partial charge in [0.1, 0.15) is 5.76 Å². The van der Waals surface area contributed by atoms with E-state index in [1.165, 1.54) is 0 Å². The fourth-order valence-electron chi connectivity index (χ4n) is 3.48. The standard InChI is InChI=1S/C20H26N4O3/c1-3-17(20(26)22-18-13-14(2)27-23-18)24-11-9-15(10-12-24)19(25)21-16-7-5-4-6-8-16/h4-8,13,15,17H,3,9-12H2,1-2H3,(H,21,25)(H,22,23,26). The van der Waals surface area contributed by atoms with Gasteiger partial charge in [-0.05, 0) is 51.4 Å². The van der Waals surface area contributed by atoms with Gasteiger partial charge in [-0.1, -0.05) is 30.3 Å². The van der Waals surface area contributed by atoms with Gasteiger partial charge in [-0.3, -0.25) is 14.5 Å². The number of rotatable bonds is 6. The lowest BCUT2D eigenvalue weighted by Crippen LogP contribution is -2.48. The summed E-state index contributed by atoms with van der Waals surface area (Å²) < 4.78 is 4.99. The van der Waals surface area contributed by atoms with Gasteiger partial charge in [0.25, 0.3) is 0 Å². The number of hydrogen-bond donors (Lipinski definition) is 2. The lowest BCUT2D eigenvalue weighted by Gasteiger charge is -2.35. The summed E-state index contributed by atoms with van der Waals surface area (Å²) in [5.41, 5.74) is 0.818. The van der Waals surface area contributed by atoms with Crippen LogP contribution in [-0.4, -0.2) is 41.0 Å². The van der Waals surface area contributed by atoms with E-state index in [1.54, 1.807) is 13.0 Å². The summed E-state index contributed by atoms with van der Waals surface area (Å²) in [4.78, 5) is 27.2. The largest absolute Gasteiger partial charge is 0.360 e. The lowest BCUT2D eigenvalue weighted by molar-refractivity contribution is -0.123. The van der Waals surface area contributed by atoms with Crippen LogP contribution in [0.4, 0.5) is 11.5 Å². The number of aryl methyl sites for hydroxylation is 1. The first-order chi connectivity index (χ1) is 13.1. The minimum Gasteiger partial charge on any atom is -0.360 e. The van der Waals surface area contributed by atoms with Crippen molar-refractivity contribution in [3.63, 3.8) is 0 Å². The number of carbonyl (C=O) groups excluding carboxylic acids is 2. The summed E-state index contributed by atoms with van der Waals surface area (Å²) >= 11 is 0. The highest BCUT2D eigenvalue weighted by Crippen LogP contribution is 2.22. The van der Waals surface area contributed by atoms with Crippen LogP contribution >= 0.6 is 0 Å². The second-order valence-electron chi connectivity index (χ2n) is 6.90. The SMILES string of the molecule is CCC(C(=O)Nc1cc(C)on1)N1CCC(C(=O)Nc2ccccc2)CC1. The topological polar surface area (TPSA) is 87.5 Å². The van der Waals surface area contributed by atoms with Crippen LogP contribution in [0.15, 0.2) is 40.9 Å². The molecule has 144 valence electrons. The maximum atomic E-state index is 12.6. The summed E-state index contributed by atoms with van der Waals surface area (Å²) in [6.07, 6.45) is 2.18. The van der Waals surface area contributed by atoms with E-state index in [2.05, 4.69) is 20.7 Å². The van der Waals surface area contributed by atoms with Crippen molar-refractivity contribution in [3.8, 4) is 0 Å². The molecular formula is C20H26N4O3. The average Bonchev–Trinajstić information content (AvgIpc) is 3.08. The first-order valence-corrected chi connectivity index (χ1v) is 9.41. The monoisotopic (exact) mass is 370 g/mol. The molecule has 2 heterocycles. The van der Waals surface area contributed by atoms with Crippen LogP contribution in [0, 0.1) is 12.8 Å². The predicted molar refractivity (Wildman–Crippen MR) is 103 cm³/mol. The summed E-state index contributed by atoms with van der Waals surface area (Å²) in [5.74, 6) is 1.03. The molecule has 1 fully saturated rings. The van der Waals surface area contributed by atoms with Gasteiger partial charge in [0.2, 0.25) is 11.8 Å². The van der Waals surface area contributed by atoms with Crippen molar-refractivity contribution in [2.75, 3.05) is 23.7 Å². The Kier molecular flexibility index (Phi) is 6.24. The summed E-state index contributed by atoms with van der Waals surface area (Å²) in [6, 6.07) is 11.0. The molecule has 1 aliphatic rings. The Balaban J connectivity index is 1.52. The number of likely N-dealkylation sites (tertiary alicyclic amines) is 1. The Morgan fingerprint density at radius 2 is 1.93 bits per heavy atom. The van der Waals surface area contributed by atoms with Gasteiger partial charge < -0.3 is 15.2 Å². The second-order valence-corrected chi connectivity index (χ2v) is 6.90. The van der Waals surface area contributed by atoms with Gasteiger partial charge in [-0.25, -0.2) is 0 Å². The van der Waals surface area contributed by atoms with E-state index in [-0.39, 0.29) is 23.8 Å². The first-order valence-electron chi connectivity index (χ1n) is 9.41. The predicted octanol–water partition coefficient (Wildman–Crippen LogP) is 3.05. The number of benzene rings is 1. The van der Waals surface area contributed by atoms with Crippen LogP contribution < -0.4 is 10.6 Å². The van der Waals surface area contributed by atoms with Crippen molar-refractivity contribution in [1.29, 1.82) is 0 Å². The maximum Gasteiger partial charge on any atom is 0.242 e. The van der Waals surface area contributed by atoms with E-state index in [4.69, 9.17) is 4.52 Å². The van der Waals surface area contributed by atoms with E-state index < -0.39 is 0 Å². The van der Waals surface area contributed by atoms with Crippen molar-refractivity contribution in [2.45, 2.75) is 39.2 Å². The minimum absolute atomic E-state index is 0.0276. The van der Waals surface area contributed by atoms with E-state index >= 15 is 0 Å². The van der Waals surface area contributed by atoms with Crippen LogP contribution in [0.5, 0.6) is 0 Å². The molecule has 0 radical (unpaired) electrons. The zero-order valence-electron chi connectivity index (χ0n) is 15.8. The van der Waals surface area contributed by atoms with E-state index in [0.29, 0.717) is 18.0 Å². The Morgan fingerprint density at radius 3 is 2.52 bits per heavy atom. The fraction of sp³-hybridized carbons (Fsp3) is 0.450. The Bertz CT molecular complexity index is 767. The van der Waals surface area contributed by atoms with Gasteiger partial charge >= 0.3 is 0 Å². The van der Waals surface area contributed by atoms with Crippen LogP contribution in [-0.2, 0) is 9.59 Å². The molecule has 2 amide bonds. The number of anilines is 2. The summed E-state index contributed by atoms with van der Waals surface area (Å²) in [6.45, 7) is 5.21. The molecule has 1 unspecified atom stereocenters. The average molecular weight is 370 g/mol. The maximum absolute atomic E-state index is 12.6. The van der Waals surface area contributed by atoms with E-state index in [0.717, 1.165) is 31.6 Å². The first kappa shape index (κ1) is 19.1. The second kappa shape index (κ2) is 8.81. The molecule has 1 saturated heterocycles. The molecule has 0 aliphatic carbocycles. The molecular weight excluding hydrogens is 344 g/mol. The number of nitrogens with one attached hydrogen (secondary N) is 2. The summed E-state index contributed by atoms with van der Waals surface area (Å²) in [5, 5.41) is 9.60. The third kappa shape index (κ3) is 4.95. The molecule has 7 nitrogen and oxygen atoms in total. The van der Waals surface area contributed by atoms with Gasteiger partial charge in [-0.2, -0.15) is 0 Å². The Hall–Kier alpha value is -2.67. The normalized spacial score (nSPS) is 16.7. The van der Waals surface area contributed by atoms with Crippen LogP contribution in [0.3, 0.4) is 0 Å². The smallest absolute Gasteiger partial charge is 0.242 e. The number of hydrogen-bond acceptors (Lipinski definition) is 5. The number of carbonyl (C=O) groups is 2. The van der Waals surface area contributed by atoms with Gasteiger partial charge in [0.05, 0.1) is 6.04 Å². The highest BCUT2D eigenvalue weighted by atomic mass is 16.5. The van der Waals surface area contributed by atoms with Gasteiger partial charge in [-0.15, -0.1) is 0 Å². The molecule has 7 heteroatoms. The van der Waals surface area contributed by atoms with Crippen molar-refractivity contribution >= 4 is 23.3 Å². The van der Waals surface area contributed by atoms with Crippen LogP contribution in [0.2, 0.25) is 0 Å². The third-order valence-electron chi connectivity index (χ3n) is 4.95. The Labute approximate surface area is 159 Å². The highest BCUT2D eigenvalue weighted by molar-refractivity contribution is 5.94. The molecule has 1 aromatic carbocycles. The molecule has 0 spiro atoms. The van der Waals surface area contributed by atoms with Crippen LogP contribution in [0.25, 0.3) is 0 Å². The zero-order valence-corrected chi connectivity index (χ0v) is 15.8. The molecule has 0 bridgehead atoms. The number of aromatic nitrogens is 1. The molecule has 2 aromatic rings. The molecule has 1 aliphatic heterocycles. The van der Waals surface area contributed by atoms with Crippen molar-refractivity contribution < 1.29 is 14.1 Å². The van der Waals surface area contributed by atoms with Crippen molar-refractivity contribution in [3.05, 3.63) is 42.2 Å². The van der Waals surface area contributed by atoms with Gasteiger partial charge in [0, 0.05) is 17.7 Å². The van der Waals surface area contributed by atoms with E-state index in [9.17, 15) is 9.59 Å². The number of para-hydroxylation sites is 1. The number of nitrogens with zero attached hydrogens (tertiary/aromatic N) is 2. The molecule has 2 N–H and O–H groups in total. The van der Waals surface area contributed by atoms with E-state index in [1.807, 2.05) is 37.3 Å². The zero-order chi connectivity index (χ0) is 19.2. The van der Waals surface area contributed by atoms with Crippen molar-refractivity contribution in [1.82, 2.24) is 10.1 Å². The minimum atomic E-state index is -0.236. The lowest BCUT2D eigenvalue weighted by atomic mass is 9.94. The Morgan fingerprint density at radius 1 is 1.22 bits per heavy atom. The highest BCUT2D eigenvalue weighted by Gasteiger charge is 2.31. The molecule has 0 saturated carbocycles. The third-order valence-corrected chi connectivity index (χ3v) is 4.95. The van der Waals surface area contributed by atoms with Crippen molar-refractivity contribution in [2.24, 2.45) is 5.92 Å². The molecule has 3 rings (SSSR count).